The minimum atomic E-state index is 0.401. The summed E-state index contributed by atoms with van der Waals surface area (Å²) < 4.78 is 22.8. The van der Waals surface area contributed by atoms with E-state index in [-0.39, 0.29) is 0 Å². The molecule has 350 valence electrons. The number of benzene rings is 11. The summed E-state index contributed by atoms with van der Waals surface area (Å²) in [4.78, 5) is 0. The van der Waals surface area contributed by atoms with Crippen molar-refractivity contribution in [2.75, 3.05) is 0 Å². The zero-order valence-electron chi connectivity index (χ0n) is 40.3. The average Bonchev–Trinajstić information content (AvgIpc) is 4.37. The minimum Gasteiger partial charge on any atom is -0.455 e. The summed E-state index contributed by atoms with van der Waals surface area (Å²) in [6.45, 7) is 0. The fourth-order valence-corrected chi connectivity index (χ4v) is 13.0. The second-order valence-electron chi connectivity index (χ2n) is 19.7. The summed E-state index contributed by atoms with van der Waals surface area (Å²) in [5.41, 5.74) is 14.8. The maximum absolute atomic E-state index is 11.6. The first kappa shape index (κ1) is 40.8. The molecule has 0 atom stereocenters. The molecule has 0 radical (unpaired) electrons. The molecule has 0 saturated heterocycles. The highest BCUT2D eigenvalue weighted by Crippen LogP contribution is 2.48. The average molecular weight is 969 g/mol. The van der Waals surface area contributed by atoms with Crippen LogP contribution in [0, 0.1) is 22.7 Å². The van der Waals surface area contributed by atoms with Crippen molar-refractivity contribution >= 4 is 131 Å². The Morgan fingerprint density at radius 2 is 0.579 bits per heavy atom. The van der Waals surface area contributed by atoms with Gasteiger partial charge < -0.3 is 27.1 Å². The van der Waals surface area contributed by atoms with E-state index in [0.717, 1.165) is 142 Å². The Hall–Kier alpha value is -10.8. The molecule has 8 heteroatoms. The third kappa shape index (κ3) is 5.18. The molecule has 0 aliphatic heterocycles. The van der Waals surface area contributed by atoms with E-state index < -0.39 is 0 Å². The van der Waals surface area contributed by atoms with Crippen LogP contribution >= 0.6 is 0 Å². The van der Waals surface area contributed by atoms with E-state index in [1.54, 1.807) is 0 Å². The number of hydrogen-bond donors (Lipinski definition) is 0. The topological polar surface area (TPSA) is 93.6 Å². The van der Waals surface area contributed by atoms with Gasteiger partial charge in [0, 0.05) is 53.9 Å². The van der Waals surface area contributed by atoms with Gasteiger partial charge in [0.2, 0.25) is 0 Å². The Balaban J connectivity index is 0.988. The molecule has 0 aliphatic rings. The van der Waals surface area contributed by atoms with Crippen molar-refractivity contribution in [2.24, 2.45) is 0 Å². The van der Waals surface area contributed by atoms with Crippen molar-refractivity contribution < 1.29 is 8.83 Å². The summed E-state index contributed by atoms with van der Waals surface area (Å²) in [6.07, 6.45) is 0. The second-order valence-corrected chi connectivity index (χ2v) is 19.7. The van der Waals surface area contributed by atoms with Crippen LogP contribution in [0.15, 0.2) is 227 Å². The first-order valence-corrected chi connectivity index (χ1v) is 25.4. The lowest BCUT2D eigenvalue weighted by atomic mass is 10.1. The zero-order chi connectivity index (χ0) is 49.9. The van der Waals surface area contributed by atoms with Crippen LogP contribution in [0.2, 0.25) is 0 Å². The molecule has 0 saturated carbocycles. The first-order valence-electron chi connectivity index (χ1n) is 25.4. The summed E-state index contributed by atoms with van der Waals surface area (Å²) in [5, 5.41) is 35.6. The molecule has 76 heavy (non-hydrogen) atoms. The number of nitriles is 2. The normalized spacial score (nSPS) is 12.2. The highest BCUT2D eigenvalue weighted by Gasteiger charge is 2.28. The molecule has 0 fully saturated rings. The van der Waals surface area contributed by atoms with Crippen molar-refractivity contribution in [1.29, 1.82) is 10.5 Å². The standard InChI is InChI=1S/C68H36N6O2/c69-37-39-36-60(74-56-28-14-26-54(72-51-23-9-3-17-43(51)44-18-4-10-24-52(44)72)64(56)66-58(74)34-32-48-46-20-6-12-30-62(46)76-68(48)66)40(38-70)35-59(39)73-55-27-13-25-53(71-49-21-7-1-15-41(49)42-16-2-8-22-50(42)71)63(55)65-57(73)33-31-47-45-19-5-11-29-61(45)75-67(47)65/h1-36H. The van der Waals surface area contributed by atoms with Crippen LogP contribution in [-0.4, -0.2) is 18.3 Å². The molecule has 8 nitrogen and oxygen atoms in total. The molecule has 0 spiro atoms. The van der Waals surface area contributed by atoms with Gasteiger partial charge in [0.05, 0.1) is 88.8 Å². The zero-order valence-corrected chi connectivity index (χ0v) is 40.3. The van der Waals surface area contributed by atoms with Gasteiger partial charge in [-0.25, -0.2) is 0 Å². The van der Waals surface area contributed by atoms with Crippen molar-refractivity contribution in [3.63, 3.8) is 0 Å². The van der Waals surface area contributed by atoms with Gasteiger partial charge in [0.15, 0.2) is 0 Å². The van der Waals surface area contributed by atoms with E-state index in [4.69, 9.17) is 8.83 Å². The Morgan fingerprint density at radius 3 is 0.961 bits per heavy atom. The van der Waals surface area contributed by atoms with Gasteiger partial charge in [0.1, 0.15) is 34.5 Å². The van der Waals surface area contributed by atoms with Crippen LogP contribution in [0.5, 0.6) is 0 Å². The van der Waals surface area contributed by atoms with Gasteiger partial charge in [0.25, 0.3) is 0 Å². The molecular formula is C68H36N6O2. The molecule has 0 aliphatic carbocycles. The van der Waals surface area contributed by atoms with Crippen LogP contribution in [0.3, 0.4) is 0 Å². The summed E-state index contributed by atoms with van der Waals surface area (Å²) in [6, 6.07) is 80.8. The van der Waals surface area contributed by atoms with Crippen molar-refractivity contribution in [3.05, 3.63) is 230 Å². The summed E-state index contributed by atoms with van der Waals surface area (Å²) in [7, 11) is 0. The smallest absolute Gasteiger partial charge is 0.145 e. The molecule has 17 rings (SSSR count). The quantitative estimate of drug-likeness (QED) is 0.176. The number of fused-ring (bicyclic) bond motifs is 20. The maximum atomic E-state index is 11.6. The van der Waals surface area contributed by atoms with Crippen LogP contribution in [0.4, 0.5) is 0 Å². The van der Waals surface area contributed by atoms with Gasteiger partial charge in [-0.05, 0) is 97.1 Å². The lowest BCUT2D eigenvalue weighted by Gasteiger charge is -2.16. The van der Waals surface area contributed by atoms with Gasteiger partial charge in [-0.3, -0.25) is 0 Å². The monoisotopic (exact) mass is 968 g/mol. The number of nitrogens with zero attached hydrogens (tertiary/aromatic N) is 6. The van der Waals surface area contributed by atoms with Gasteiger partial charge in [-0.1, -0.05) is 121 Å². The van der Waals surface area contributed by atoms with Crippen molar-refractivity contribution in [2.45, 2.75) is 0 Å². The molecule has 6 aromatic heterocycles. The predicted octanol–water partition coefficient (Wildman–Crippen LogP) is 17.6. The molecule has 17 aromatic rings. The first-order chi connectivity index (χ1) is 37.7. The molecule has 0 bridgehead atoms. The number of aromatic nitrogens is 4. The molecule has 6 heterocycles. The van der Waals surface area contributed by atoms with E-state index in [9.17, 15) is 10.5 Å². The largest absolute Gasteiger partial charge is 0.455 e. The molecule has 11 aromatic carbocycles. The van der Waals surface area contributed by atoms with Gasteiger partial charge >= 0.3 is 0 Å². The van der Waals surface area contributed by atoms with E-state index in [1.165, 1.54) is 0 Å². The van der Waals surface area contributed by atoms with Crippen LogP contribution in [0.25, 0.3) is 154 Å². The number of rotatable bonds is 4. The lowest BCUT2D eigenvalue weighted by molar-refractivity contribution is 0.672. The highest BCUT2D eigenvalue weighted by atomic mass is 16.3. The number of hydrogen-bond acceptors (Lipinski definition) is 4. The predicted molar refractivity (Wildman–Crippen MR) is 308 cm³/mol. The molecule has 0 unspecified atom stereocenters. The fraction of sp³-hybridized carbons (Fsp3) is 0. The van der Waals surface area contributed by atoms with Crippen LogP contribution in [0.1, 0.15) is 11.1 Å². The van der Waals surface area contributed by atoms with Crippen molar-refractivity contribution in [3.8, 4) is 34.9 Å². The Bertz CT molecular complexity index is 5070. The third-order valence-corrected chi connectivity index (χ3v) is 16.0. The second kappa shape index (κ2) is 14.9. The van der Waals surface area contributed by atoms with E-state index in [2.05, 4.69) is 200 Å². The SMILES string of the molecule is N#Cc1cc(-n2c3cccc(-n4c5ccccc5c5ccccc54)c3c3c4oc5ccccc5c4ccc32)c(C#N)cc1-n1c2cccc(-n3c4ccccc4c4ccccc43)c2c2c3oc4ccccc4c3ccc21. The van der Waals surface area contributed by atoms with Crippen molar-refractivity contribution in [1.82, 2.24) is 18.3 Å². The van der Waals surface area contributed by atoms with E-state index in [1.807, 2.05) is 48.5 Å². The lowest BCUT2D eigenvalue weighted by Crippen LogP contribution is -2.04. The summed E-state index contributed by atoms with van der Waals surface area (Å²) in [5.74, 6) is 0. The Kier molecular flexibility index (Phi) is 7.99. The van der Waals surface area contributed by atoms with Gasteiger partial charge in [-0.2, -0.15) is 10.5 Å². The Labute approximate surface area is 431 Å². The Morgan fingerprint density at radius 1 is 0.263 bits per heavy atom. The van der Waals surface area contributed by atoms with Gasteiger partial charge in [-0.15, -0.1) is 0 Å². The van der Waals surface area contributed by atoms with Crippen LogP contribution < -0.4 is 0 Å². The minimum absolute atomic E-state index is 0.401. The fourth-order valence-electron chi connectivity index (χ4n) is 13.0. The maximum Gasteiger partial charge on any atom is 0.145 e. The molecule has 0 N–H and O–H groups in total. The number of furan rings is 2. The third-order valence-electron chi connectivity index (χ3n) is 16.0. The molecule has 0 amide bonds. The molecular weight excluding hydrogens is 933 g/mol. The van der Waals surface area contributed by atoms with Crippen LogP contribution in [-0.2, 0) is 0 Å². The number of para-hydroxylation sites is 6. The highest BCUT2D eigenvalue weighted by molar-refractivity contribution is 6.28. The summed E-state index contributed by atoms with van der Waals surface area (Å²) >= 11 is 0. The van der Waals surface area contributed by atoms with E-state index >= 15 is 0 Å². The van der Waals surface area contributed by atoms with E-state index in [0.29, 0.717) is 22.5 Å².